The van der Waals surface area contributed by atoms with Crippen molar-refractivity contribution in [3.63, 3.8) is 0 Å². The standard InChI is InChI=1S/C19H34/c1-16(14-19(4)15-17(19)2)18(3)12-10-8-6-5-7-9-11-13-18/h16H,2,5-15H2,1,3-4H3. The van der Waals surface area contributed by atoms with Crippen molar-refractivity contribution in [1.82, 2.24) is 0 Å². The Hall–Kier alpha value is -0.260. The molecule has 2 atom stereocenters. The van der Waals surface area contributed by atoms with Gasteiger partial charge in [0.1, 0.15) is 0 Å². The van der Waals surface area contributed by atoms with Gasteiger partial charge in [0, 0.05) is 0 Å². The summed E-state index contributed by atoms with van der Waals surface area (Å²) in [5.74, 6) is 0.858. The lowest BCUT2D eigenvalue weighted by Crippen LogP contribution is -2.27. The lowest BCUT2D eigenvalue weighted by molar-refractivity contribution is 0.128. The summed E-state index contributed by atoms with van der Waals surface area (Å²) in [6.45, 7) is 11.7. The van der Waals surface area contributed by atoms with Gasteiger partial charge in [-0.3, -0.25) is 0 Å². The van der Waals surface area contributed by atoms with Crippen molar-refractivity contribution >= 4 is 0 Å². The van der Waals surface area contributed by atoms with E-state index < -0.39 is 0 Å². The molecular weight excluding hydrogens is 228 g/mol. The number of rotatable bonds is 3. The monoisotopic (exact) mass is 262 g/mol. The van der Waals surface area contributed by atoms with Crippen LogP contribution in [0.25, 0.3) is 0 Å². The average molecular weight is 262 g/mol. The van der Waals surface area contributed by atoms with Crippen molar-refractivity contribution in [2.75, 3.05) is 0 Å². The molecule has 2 rings (SSSR count). The molecule has 2 aliphatic carbocycles. The van der Waals surface area contributed by atoms with Crippen LogP contribution in [0, 0.1) is 16.7 Å². The van der Waals surface area contributed by atoms with Crippen LogP contribution in [0.1, 0.15) is 91.4 Å². The third-order valence-corrected chi connectivity index (χ3v) is 6.27. The van der Waals surface area contributed by atoms with E-state index in [1.165, 1.54) is 76.2 Å². The molecule has 0 bridgehead atoms. The van der Waals surface area contributed by atoms with E-state index in [1.807, 2.05) is 0 Å². The highest BCUT2D eigenvalue weighted by molar-refractivity contribution is 5.27. The van der Waals surface area contributed by atoms with Crippen LogP contribution in [0.4, 0.5) is 0 Å². The summed E-state index contributed by atoms with van der Waals surface area (Å²) in [5, 5.41) is 0. The second kappa shape index (κ2) is 6.02. The molecule has 110 valence electrons. The summed E-state index contributed by atoms with van der Waals surface area (Å²) in [6.07, 6.45) is 15.8. The minimum Gasteiger partial charge on any atom is -0.0993 e. The highest BCUT2D eigenvalue weighted by Crippen LogP contribution is 2.57. The van der Waals surface area contributed by atoms with Gasteiger partial charge in [-0.1, -0.05) is 77.9 Å². The van der Waals surface area contributed by atoms with E-state index in [2.05, 4.69) is 27.4 Å². The molecule has 0 nitrogen and oxygen atoms in total. The number of hydrogen-bond acceptors (Lipinski definition) is 0. The Morgan fingerprint density at radius 2 is 1.37 bits per heavy atom. The van der Waals surface area contributed by atoms with E-state index in [1.54, 1.807) is 0 Å². The third kappa shape index (κ3) is 3.86. The van der Waals surface area contributed by atoms with Gasteiger partial charge >= 0.3 is 0 Å². The fraction of sp³-hybridized carbons (Fsp3) is 0.895. The van der Waals surface area contributed by atoms with Gasteiger partial charge in [0.05, 0.1) is 0 Å². The van der Waals surface area contributed by atoms with Crippen LogP contribution in [-0.4, -0.2) is 0 Å². The molecule has 19 heavy (non-hydrogen) atoms. The molecule has 0 saturated heterocycles. The average Bonchev–Trinajstić information content (AvgIpc) is 2.95. The first-order chi connectivity index (χ1) is 8.96. The second-order valence-electron chi connectivity index (χ2n) is 8.08. The molecule has 2 unspecified atom stereocenters. The van der Waals surface area contributed by atoms with Crippen molar-refractivity contribution < 1.29 is 0 Å². The van der Waals surface area contributed by atoms with Gasteiger partial charge in [-0.05, 0) is 42.4 Å². The van der Waals surface area contributed by atoms with E-state index >= 15 is 0 Å². The largest absolute Gasteiger partial charge is 0.0993 e. The summed E-state index contributed by atoms with van der Waals surface area (Å²) in [5.41, 5.74) is 2.59. The predicted octanol–water partition coefficient (Wildman–Crippen LogP) is 6.51. The Morgan fingerprint density at radius 3 is 1.79 bits per heavy atom. The van der Waals surface area contributed by atoms with E-state index in [9.17, 15) is 0 Å². The quantitative estimate of drug-likeness (QED) is 0.509. The van der Waals surface area contributed by atoms with E-state index in [4.69, 9.17) is 0 Å². The summed E-state index contributed by atoms with van der Waals surface area (Å²) >= 11 is 0. The zero-order chi connectivity index (χ0) is 13.9. The molecule has 0 aromatic carbocycles. The molecule has 2 aliphatic rings. The predicted molar refractivity (Wildman–Crippen MR) is 85.3 cm³/mol. The Labute approximate surface area is 121 Å². The fourth-order valence-corrected chi connectivity index (χ4v) is 4.12. The second-order valence-corrected chi connectivity index (χ2v) is 8.08. The van der Waals surface area contributed by atoms with Crippen LogP contribution >= 0.6 is 0 Å². The van der Waals surface area contributed by atoms with Gasteiger partial charge in [0.25, 0.3) is 0 Å². The normalized spacial score (nSPS) is 33.7. The molecule has 0 N–H and O–H groups in total. The van der Waals surface area contributed by atoms with Crippen molar-refractivity contribution in [3.8, 4) is 0 Å². The molecular formula is C19H34. The van der Waals surface area contributed by atoms with Crippen LogP contribution in [0.3, 0.4) is 0 Å². The maximum Gasteiger partial charge on any atom is -0.00788 e. The minimum atomic E-state index is 0.498. The lowest BCUT2D eigenvalue weighted by atomic mass is 9.67. The Bertz CT molecular complexity index is 304. The Morgan fingerprint density at radius 1 is 0.947 bits per heavy atom. The van der Waals surface area contributed by atoms with Crippen LogP contribution in [-0.2, 0) is 0 Å². The first kappa shape index (κ1) is 15.1. The zero-order valence-corrected chi connectivity index (χ0v) is 13.6. The highest BCUT2D eigenvalue weighted by atomic mass is 14.5. The summed E-state index contributed by atoms with van der Waals surface area (Å²) in [7, 11) is 0. The van der Waals surface area contributed by atoms with Crippen LogP contribution in [0.2, 0.25) is 0 Å². The zero-order valence-electron chi connectivity index (χ0n) is 13.6. The van der Waals surface area contributed by atoms with Crippen molar-refractivity contribution in [1.29, 1.82) is 0 Å². The Balaban J connectivity index is 1.93. The molecule has 0 amide bonds. The van der Waals surface area contributed by atoms with Crippen molar-refractivity contribution in [3.05, 3.63) is 12.2 Å². The molecule has 0 heterocycles. The fourth-order valence-electron chi connectivity index (χ4n) is 4.12. The van der Waals surface area contributed by atoms with Crippen molar-refractivity contribution in [2.24, 2.45) is 16.7 Å². The summed E-state index contributed by atoms with van der Waals surface area (Å²) in [6, 6.07) is 0. The molecule has 0 aromatic rings. The summed E-state index contributed by atoms with van der Waals surface area (Å²) in [4.78, 5) is 0. The molecule has 0 radical (unpaired) electrons. The topological polar surface area (TPSA) is 0 Å². The van der Waals surface area contributed by atoms with Gasteiger partial charge < -0.3 is 0 Å². The van der Waals surface area contributed by atoms with Gasteiger partial charge in [-0.25, -0.2) is 0 Å². The first-order valence-corrected chi connectivity index (χ1v) is 8.65. The molecule has 0 aliphatic heterocycles. The van der Waals surface area contributed by atoms with E-state index in [0.29, 0.717) is 10.8 Å². The first-order valence-electron chi connectivity index (χ1n) is 8.65. The lowest BCUT2D eigenvalue weighted by Gasteiger charge is -2.38. The molecule has 0 heteroatoms. The van der Waals surface area contributed by atoms with Crippen LogP contribution in [0.15, 0.2) is 12.2 Å². The SMILES string of the molecule is C=C1CC1(C)CC(C)C1(C)CCCCCCCCC1. The summed E-state index contributed by atoms with van der Waals surface area (Å²) < 4.78 is 0. The smallest absolute Gasteiger partial charge is 0.00788 e. The maximum atomic E-state index is 4.20. The van der Waals surface area contributed by atoms with Gasteiger partial charge in [-0.2, -0.15) is 0 Å². The molecule has 2 fully saturated rings. The van der Waals surface area contributed by atoms with E-state index in [0.717, 1.165) is 5.92 Å². The highest BCUT2D eigenvalue weighted by Gasteiger charge is 2.45. The number of allylic oxidation sites excluding steroid dienone is 1. The molecule has 2 saturated carbocycles. The van der Waals surface area contributed by atoms with Gasteiger partial charge in [0.15, 0.2) is 0 Å². The van der Waals surface area contributed by atoms with Gasteiger partial charge in [0.2, 0.25) is 0 Å². The molecule has 0 aromatic heterocycles. The maximum absolute atomic E-state index is 4.20. The number of hydrogen-bond donors (Lipinski definition) is 0. The van der Waals surface area contributed by atoms with Crippen LogP contribution in [0.5, 0.6) is 0 Å². The third-order valence-electron chi connectivity index (χ3n) is 6.27. The van der Waals surface area contributed by atoms with Gasteiger partial charge in [-0.15, -0.1) is 0 Å². The van der Waals surface area contributed by atoms with Crippen LogP contribution < -0.4 is 0 Å². The van der Waals surface area contributed by atoms with Crippen molar-refractivity contribution in [2.45, 2.75) is 91.4 Å². The molecule has 0 spiro atoms. The minimum absolute atomic E-state index is 0.498. The Kier molecular flexibility index (Phi) is 4.79. The van der Waals surface area contributed by atoms with E-state index in [-0.39, 0.29) is 0 Å².